The predicted octanol–water partition coefficient (Wildman–Crippen LogP) is 2.13. The van der Waals surface area contributed by atoms with Gasteiger partial charge in [0, 0.05) is 5.56 Å². The van der Waals surface area contributed by atoms with Gasteiger partial charge in [-0.05, 0) is 12.1 Å². The van der Waals surface area contributed by atoms with E-state index < -0.39 is 0 Å². The fourth-order valence-corrected chi connectivity index (χ4v) is 0.932. The Balaban J connectivity index is 2.54. The van der Waals surface area contributed by atoms with Crippen LogP contribution < -0.4 is 4.74 Å². The number of ether oxygens (including phenoxy) is 1. The molecule has 48 valence electrons. The van der Waals surface area contributed by atoms with Crippen molar-refractivity contribution < 1.29 is 4.74 Å². The van der Waals surface area contributed by atoms with E-state index in [9.17, 15) is 0 Å². The largest absolute Gasteiger partial charge is 0.473 e. The molecule has 10 heavy (non-hydrogen) atoms. The SMILES string of the molecule is [C]1C=Cc2ccccc2O1. The smallest absolute Gasteiger partial charge is 0.222 e. The molecule has 1 heterocycles. The third-order valence-electron chi connectivity index (χ3n) is 1.42. The second-order valence-corrected chi connectivity index (χ2v) is 2.09. The summed E-state index contributed by atoms with van der Waals surface area (Å²) in [5, 5.41) is 0. The first-order valence-corrected chi connectivity index (χ1v) is 3.15. The minimum atomic E-state index is 0.880. The van der Waals surface area contributed by atoms with Gasteiger partial charge in [-0.1, -0.05) is 24.3 Å². The Labute approximate surface area is 59.9 Å². The van der Waals surface area contributed by atoms with E-state index in [-0.39, 0.29) is 0 Å². The maximum Gasteiger partial charge on any atom is 0.222 e. The van der Waals surface area contributed by atoms with E-state index in [1.807, 2.05) is 30.3 Å². The lowest BCUT2D eigenvalue weighted by Gasteiger charge is -2.08. The van der Waals surface area contributed by atoms with Crippen LogP contribution in [0.4, 0.5) is 0 Å². The number of hydrogen-bond donors (Lipinski definition) is 0. The van der Waals surface area contributed by atoms with Crippen LogP contribution in [0, 0.1) is 6.61 Å². The summed E-state index contributed by atoms with van der Waals surface area (Å²) in [6.45, 7) is 2.66. The lowest BCUT2D eigenvalue weighted by Crippen LogP contribution is -1.93. The Morgan fingerprint density at radius 2 is 2.10 bits per heavy atom. The Morgan fingerprint density at radius 1 is 1.20 bits per heavy atom. The van der Waals surface area contributed by atoms with Gasteiger partial charge in [-0.15, -0.1) is 0 Å². The molecule has 1 nitrogen and oxygen atoms in total. The second kappa shape index (κ2) is 2.18. The highest BCUT2D eigenvalue weighted by Gasteiger charge is 2.02. The van der Waals surface area contributed by atoms with Crippen molar-refractivity contribution in [1.82, 2.24) is 0 Å². The molecule has 0 amide bonds. The first kappa shape index (κ1) is 5.54. The van der Waals surface area contributed by atoms with Crippen LogP contribution >= 0.6 is 0 Å². The Morgan fingerprint density at radius 3 is 3.00 bits per heavy atom. The Kier molecular flexibility index (Phi) is 1.21. The van der Waals surface area contributed by atoms with Gasteiger partial charge in [-0.25, -0.2) is 0 Å². The van der Waals surface area contributed by atoms with Crippen LogP contribution in [0.15, 0.2) is 30.3 Å². The van der Waals surface area contributed by atoms with Crippen molar-refractivity contribution in [2.75, 3.05) is 0 Å². The highest BCUT2D eigenvalue weighted by Crippen LogP contribution is 2.23. The third-order valence-corrected chi connectivity index (χ3v) is 1.42. The average molecular weight is 130 g/mol. The van der Waals surface area contributed by atoms with Crippen molar-refractivity contribution in [2.24, 2.45) is 0 Å². The van der Waals surface area contributed by atoms with E-state index >= 15 is 0 Å². The summed E-state index contributed by atoms with van der Waals surface area (Å²) in [6, 6.07) is 7.86. The highest BCUT2D eigenvalue weighted by molar-refractivity contribution is 5.59. The number of fused-ring (bicyclic) bond motifs is 1. The Bertz CT molecular complexity index is 263. The third kappa shape index (κ3) is 0.798. The highest BCUT2D eigenvalue weighted by atomic mass is 16.5. The van der Waals surface area contributed by atoms with Gasteiger partial charge in [0.1, 0.15) is 5.75 Å². The van der Waals surface area contributed by atoms with Gasteiger partial charge in [0.15, 0.2) is 0 Å². The van der Waals surface area contributed by atoms with Crippen molar-refractivity contribution in [2.45, 2.75) is 0 Å². The number of rotatable bonds is 0. The lowest BCUT2D eigenvalue weighted by molar-refractivity contribution is 0.429. The molecular weight excluding hydrogens is 124 g/mol. The van der Waals surface area contributed by atoms with Crippen molar-refractivity contribution in [3.8, 4) is 5.75 Å². The molecule has 2 radical (unpaired) electrons. The summed E-state index contributed by atoms with van der Waals surface area (Å²) in [7, 11) is 0. The molecular formula is C9H6O. The first-order chi connectivity index (χ1) is 4.97. The molecule has 2 rings (SSSR count). The summed E-state index contributed by atoms with van der Waals surface area (Å²) in [5.74, 6) is 0.880. The van der Waals surface area contributed by atoms with E-state index in [1.54, 1.807) is 6.08 Å². The summed E-state index contributed by atoms with van der Waals surface area (Å²) in [4.78, 5) is 0. The number of para-hydroxylation sites is 1. The monoisotopic (exact) mass is 130 g/mol. The average Bonchev–Trinajstić information content (AvgIpc) is 2.05. The summed E-state index contributed by atoms with van der Waals surface area (Å²) < 4.78 is 5.09. The van der Waals surface area contributed by atoms with Crippen molar-refractivity contribution >= 4 is 6.08 Å². The molecule has 1 aromatic carbocycles. The maximum absolute atomic E-state index is 5.09. The zero-order chi connectivity index (χ0) is 6.81. The van der Waals surface area contributed by atoms with E-state index in [0.29, 0.717) is 0 Å². The number of hydrogen-bond acceptors (Lipinski definition) is 1. The lowest BCUT2D eigenvalue weighted by atomic mass is 10.1. The first-order valence-electron chi connectivity index (χ1n) is 3.15. The van der Waals surface area contributed by atoms with E-state index in [2.05, 4.69) is 6.61 Å². The van der Waals surface area contributed by atoms with Gasteiger partial charge in [-0.2, -0.15) is 0 Å². The standard InChI is InChI=1S/C9H6O/c1-2-6-9-8(4-1)5-3-7-10-9/h1-6H. The van der Waals surface area contributed by atoms with E-state index in [1.165, 1.54) is 0 Å². The van der Waals surface area contributed by atoms with Crippen LogP contribution in [0.3, 0.4) is 0 Å². The van der Waals surface area contributed by atoms with Crippen LogP contribution in [-0.4, -0.2) is 0 Å². The van der Waals surface area contributed by atoms with Crippen LogP contribution in [0.5, 0.6) is 5.75 Å². The molecule has 1 aliphatic rings. The molecule has 0 atom stereocenters. The minimum absolute atomic E-state index is 0.880. The molecule has 0 spiro atoms. The zero-order valence-electron chi connectivity index (χ0n) is 5.37. The summed E-state index contributed by atoms with van der Waals surface area (Å²) in [6.07, 6.45) is 3.74. The van der Waals surface area contributed by atoms with Gasteiger partial charge in [-0.3, -0.25) is 0 Å². The van der Waals surface area contributed by atoms with Gasteiger partial charge in [0.25, 0.3) is 0 Å². The Hall–Kier alpha value is -1.24. The quantitative estimate of drug-likeness (QED) is 0.522. The van der Waals surface area contributed by atoms with Crippen molar-refractivity contribution in [1.29, 1.82) is 0 Å². The van der Waals surface area contributed by atoms with Crippen molar-refractivity contribution in [3.05, 3.63) is 42.5 Å². The molecule has 0 saturated heterocycles. The normalized spacial score (nSPS) is 14.0. The molecule has 0 aromatic heterocycles. The predicted molar refractivity (Wildman–Crippen MR) is 39.3 cm³/mol. The molecule has 1 heteroatoms. The molecule has 0 fully saturated rings. The summed E-state index contributed by atoms with van der Waals surface area (Å²) >= 11 is 0. The molecule has 0 N–H and O–H groups in total. The maximum atomic E-state index is 5.09. The van der Waals surface area contributed by atoms with Gasteiger partial charge in [0.05, 0.1) is 0 Å². The topological polar surface area (TPSA) is 9.23 Å². The van der Waals surface area contributed by atoms with Crippen LogP contribution in [0.2, 0.25) is 0 Å². The molecule has 1 aliphatic heterocycles. The van der Waals surface area contributed by atoms with Crippen molar-refractivity contribution in [3.63, 3.8) is 0 Å². The fourth-order valence-electron chi connectivity index (χ4n) is 0.932. The summed E-state index contributed by atoms with van der Waals surface area (Å²) in [5.41, 5.74) is 1.11. The van der Waals surface area contributed by atoms with Gasteiger partial charge < -0.3 is 4.74 Å². The van der Waals surface area contributed by atoms with Gasteiger partial charge >= 0.3 is 0 Å². The van der Waals surface area contributed by atoms with Crippen LogP contribution in [0.25, 0.3) is 6.08 Å². The zero-order valence-corrected chi connectivity index (χ0v) is 5.37. The second-order valence-electron chi connectivity index (χ2n) is 2.09. The minimum Gasteiger partial charge on any atom is -0.473 e. The molecule has 0 unspecified atom stereocenters. The molecule has 0 bridgehead atoms. The molecule has 0 aliphatic carbocycles. The van der Waals surface area contributed by atoms with Gasteiger partial charge in [0.2, 0.25) is 6.61 Å². The molecule has 1 aromatic rings. The number of benzene rings is 1. The fraction of sp³-hybridized carbons (Fsp3) is 0. The van der Waals surface area contributed by atoms with E-state index in [4.69, 9.17) is 4.74 Å². The van der Waals surface area contributed by atoms with E-state index in [0.717, 1.165) is 11.3 Å². The van der Waals surface area contributed by atoms with Crippen LogP contribution in [0.1, 0.15) is 5.56 Å². The van der Waals surface area contributed by atoms with Crippen LogP contribution in [-0.2, 0) is 0 Å². The molecule has 0 saturated carbocycles.